The van der Waals surface area contributed by atoms with Gasteiger partial charge < -0.3 is 15.5 Å². The lowest BCUT2D eigenvalue weighted by Crippen LogP contribution is -2.50. The van der Waals surface area contributed by atoms with E-state index in [1.54, 1.807) is 0 Å². The van der Waals surface area contributed by atoms with Crippen LogP contribution in [0.15, 0.2) is 18.2 Å². The van der Waals surface area contributed by atoms with Gasteiger partial charge in [0, 0.05) is 25.3 Å². The summed E-state index contributed by atoms with van der Waals surface area (Å²) in [6.45, 7) is 5.31. The van der Waals surface area contributed by atoms with E-state index in [-0.39, 0.29) is 5.91 Å². The molecule has 4 aliphatic heterocycles. The molecule has 0 unspecified atom stereocenters. The number of nitrogen functional groups attached to an aromatic ring is 1. The van der Waals surface area contributed by atoms with E-state index in [2.05, 4.69) is 4.90 Å². The summed E-state index contributed by atoms with van der Waals surface area (Å²) < 4.78 is 0. The number of fused-ring (bicyclic) bond motifs is 4. The van der Waals surface area contributed by atoms with Gasteiger partial charge in [0.15, 0.2) is 0 Å². The summed E-state index contributed by atoms with van der Waals surface area (Å²) in [4.78, 5) is 17.1. The Balaban J connectivity index is 1.52. The second-order valence-electron chi connectivity index (χ2n) is 6.47. The first-order valence-corrected chi connectivity index (χ1v) is 7.61. The van der Waals surface area contributed by atoms with Crippen LogP contribution in [0.4, 0.5) is 5.69 Å². The number of nitrogens with zero attached hydrogens (tertiary/aromatic N) is 2. The van der Waals surface area contributed by atoms with Gasteiger partial charge >= 0.3 is 0 Å². The van der Waals surface area contributed by atoms with E-state index in [0.717, 1.165) is 30.1 Å². The molecule has 0 aromatic heterocycles. The average molecular weight is 271 g/mol. The van der Waals surface area contributed by atoms with Crippen LogP contribution in [0.3, 0.4) is 0 Å². The topological polar surface area (TPSA) is 49.6 Å². The standard InChI is InChI=1S/C16H21N3O/c17-14-3-1-2-12-9-19(16(20)15(12)14)10-13-8-18-6-4-11(13)5-7-18/h1-3,11,13H,4-10,17H2/t13-/m0/s1. The van der Waals surface area contributed by atoms with Gasteiger partial charge in [-0.15, -0.1) is 0 Å². The molecule has 1 amide bonds. The average Bonchev–Trinajstić information content (AvgIpc) is 2.78. The highest BCUT2D eigenvalue weighted by atomic mass is 16.2. The van der Waals surface area contributed by atoms with E-state index in [1.165, 1.54) is 32.5 Å². The maximum Gasteiger partial charge on any atom is 0.256 e. The number of carbonyl (C=O) groups is 1. The van der Waals surface area contributed by atoms with Crippen molar-refractivity contribution < 1.29 is 4.79 Å². The highest BCUT2D eigenvalue weighted by Gasteiger charge is 2.38. The van der Waals surface area contributed by atoms with Gasteiger partial charge in [0.25, 0.3) is 5.91 Å². The molecule has 1 aromatic carbocycles. The van der Waals surface area contributed by atoms with E-state index in [4.69, 9.17) is 5.73 Å². The molecule has 4 aliphatic rings. The van der Waals surface area contributed by atoms with Crippen molar-refractivity contribution in [3.63, 3.8) is 0 Å². The Hall–Kier alpha value is -1.55. The van der Waals surface area contributed by atoms with Crippen molar-refractivity contribution in [2.45, 2.75) is 19.4 Å². The molecular weight excluding hydrogens is 250 g/mol. The van der Waals surface area contributed by atoms with Crippen LogP contribution in [0.2, 0.25) is 0 Å². The lowest BCUT2D eigenvalue weighted by Gasteiger charge is -2.45. The number of hydrogen-bond acceptors (Lipinski definition) is 3. The van der Waals surface area contributed by atoms with Gasteiger partial charge in [-0.1, -0.05) is 12.1 Å². The third-order valence-corrected chi connectivity index (χ3v) is 5.29. The molecule has 3 saturated heterocycles. The quantitative estimate of drug-likeness (QED) is 0.831. The molecule has 4 nitrogen and oxygen atoms in total. The van der Waals surface area contributed by atoms with Crippen LogP contribution < -0.4 is 5.73 Å². The SMILES string of the molecule is Nc1cccc2c1C(=O)N(C[C@@H]1CN3CCC1CC3)C2. The smallest absolute Gasteiger partial charge is 0.256 e. The molecule has 0 radical (unpaired) electrons. The molecule has 2 bridgehead atoms. The van der Waals surface area contributed by atoms with E-state index in [9.17, 15) is 4.79 Å². The number of piperidine rings is 3. The van der Waals surface area contributed by atoms with Gasteiger partial charge in [0.2, 0.25) is 0 Å². The third-order valence-electron chi connectivity index (χ3n) is 5.29. The van der Waals surface area contributed by atoms with E-state index < -0.39 is 0 Å². The largest absolute Gasteiger partial charge is 0.398 e. The number of rotatable bonds is 2. The summed E-state index contributed by atoms with van der Waals surface area (Å²) in [5.74, 6) is 1.60. The zero-order chi connectivity index (χ0) is 13.7. The fourth-order valence-corrected chi connectivity index (χ4v) is 4.17. The van der Waals surface area contributed by atoms with Gasteiger partial charge in [-0.3, -0.25) is 4.79 Å². The Morgan fingerprint density at radius 2 is 2.05 bits per heavy atom. The maximum absolute atomic E-state index is 12.5. The molecule has 0 aliphatic carbocycles. The minimum atomic E-state index is 0.134. The summed E-state index contributed by atoms with van der Waals surface area (Å²) in [6, 6.07) is 5.80. The molecule has 106 valence electrons. The first kappa shape index (κ1) is 12.2. The summed E-state index contributed by atoms with van der Waals surface area (Å²) in [7, 11) is 0. The zero-order valence-electron chi connectivity index (χ0n) is 11.7. The lowest BCUT2D eigenvalue weighted by molar-refractivity contribution is 0.0284. The monoisotopic (exact) mass is 271 g/mol. The second kappa shape index (κ2) is 4.48. The first-order valence-electron chi connectivity index (χ1n) is 7.61. The van der Waals surface area contributed by atoms with Crippen LogP contribution in [0, 0.1) is 11.8 Å². The van der Waals surface area contributed by atoms with Crippen LogP contribution in [0.25, 0.3) is 0 Å². The van der Waals surface area contributed by atoms with Gasteiger partial charge in [0.05, 0.1) is 5.56 Å². The normalized spacial score (nSPS) is 31.7. The lowest BCUT2D eigenvalue weighted by atomic mass is 9.79. The van der Waals surface area contributed by atoms with Crippen LogP contribution in [0.5, 0.6) is 0 Å². The number of benzene rings is 1. The molecule has 20 heavy (non-hydrogen) atoms. The van der Waals surface area contributed by atoms with Crippen molar-refractivity contribution in [2.24, 2.45) is 11.8 Å². The molecule has 4 heteroatoms. The summed E-state index contributed by atoms with van der Waals surface area (Å²) >= 11 is 0. The second-order valence-corrected chi connectivity index (χ2v) is 6.47. The molecule has 5 rings (SSSR count). The third kappa shape index (κ3) is 1.82. The molecular formula is C16H21N3O. The number of anilines is 1. The van der Waals surface area contributed by atoms with E-state index >= 15 is 0 Å². The van der Waals surface area contributed by atoms with Crippen molar-refractivity contribution >= 4 is 11.6 Å². The minimum Gasteiger partial charge on any atom is -0.398 e. The molecule has 0 saturated carbocycles. The summed E-state index contributed by atoms with van der Waals surface area (Å²) in [5, 5.41) is 0. The number of hydrogen-bond donors (Lipinski definition) is 1. The van der Waals surface area contributed by atoms with Crippen LogP contribution in [-0.4, -0.2) is 41.9 Å². The van der Waals surface area contributed by atoms with Crippen molar-refractivity contribution in [3.8, 4) is 0 Å². The summed E-state index contributed by atoms with van der Waals surface area (Å²) in [5.41, 5.74) is 8.43. The first-order chi connectivity index (χ1) is 9.72. The van der Waals surface area contributed by atoms with Crippen molar-refractivity contribution in [1.82, 2.24) is 9.80 Å². The Labute approximate surface area is 119 Å². The number of amides is 1. The van der Waals surface area contributed by atoms with E-state index in [0.29, 0.717) is 11.6 Å². The van der Waals surface area contributed by atoms with Crippen LogP contribution >= 0.6 is 0 Å². The summed E-state index contributed by atoms with van der Waals surface area (Å²) in [6.07, 6.45) is 2.61. The number of carbonyl (C=O) groups excluding carboxylic acids is 1. The molecule has 1 aromatic rings. The Morgan fingerprint density at radius 1 is 1.25 bits per heavy atom. The Morgan fingerprint density at radius 3 is 2.70 bits per heavy atom. The fourth-order valence-electron chi connectivity index (χ4n) is 4.17. The molecule has 4 heterocycles. The molecule has 2 N–H and O–H groups in total. The molecule has 1 atom stereocenters. The highest BCUT2D eigenvalue weighted by molar-refractivity contribution is 6.03. The van der Waals surface area contributed by atoms with Crippen LogP contribution in [0.1, 0.15) is 28.8 Å². The fraction of sp³-hybridized carbons (Fsp3) is 0.562. The predicted octanol–water partition coefficient (Wildman–Crippen LogP) is 1.57. The van der Waals surface area contributed by atoms with Crippen LogP contribution in [-0.2, 0) is 6.54 Å². The predicted molar refractivity (Wildman–Crippen MR) is 78.2 cm³/mol. The molecule has 3 fully saturated rings. The van der Waals surface area contributed by atoms with Crippen molar-refractivity contribution in [1.29, 1.82) is 0 Å². The van der Waals surface area contributed by atoms with Gasteiger partial charge in [-0.25, -0.2) is 0 Å². The Bertz CT molecular complexity index is 549. The van der Waals surface area contributed by atoms with Crippen molar-refractivity contribution in [2.75, 3.05) is 31.9 Å². The van der Waals surface area contributed by atoms with Crippen molar-refractivity contribution in [3.05, 3.63) is 29.3 Å². The van der Waals surface area contributed by atoms with Gasteiger partial charge in [-0.2, -0.15) is 0 Å². The van der Waals surface area contributed by atoms with E-state index in [1.807, 2.05) is 23.1 Å². The minimum absolute atomic E-state index is 0.134. The number of nitrogens with two attached hydrogens (primary N) is 1. The molecule has 0 spiro atoms. The van der Waals surface area contributed by atoms with Gasteiger partial charge in [-0.05, 0) is 49.4 Å². The van der Waals surface area contributed by atoms with Gasteiger partial charge in [0.1, 0.15) is 0 Å². The maximum atomic E-state index is 12.5. The highest BCUT2D eigenvalue weighted by Crippen LogP contribution is 2.35. The zero-order valence-corrected chi connectivity index (χ0v) is 11.7. The Kier molecular flexibility index (Phi) is 2.74.